The van der Waals surface area contributed by atoms with Gasteiger partial charge in [0.05, 0.1) is 11.9 Å². The molecule has 1 atom stereocenters. The number of likely N-dealkylation sites (N-methyl/N-ethyl adjacent to an activating group) is 1. The summed E-state index contributed by atoms with van der Waals surface area (Å²) >= 11 is 18.4. The van der Waals surface area contributed by atoms with Crippen molar-refractivity contribution >= 4 is 62.3 Å². The topological polar surface area (TPSA) is 86.8 Å². The molecule has 0 heterocycles. The monoisotopic (exact) mass is 547 g/mol. The first-order valence-electron chi connectivity index (χ1n) is 10.5. The summed E-state index contributed by atoms with van der Waals surface area (Å²) in [4.78, 5) is 26.9. The zero-order valence-corrected chi connectivity index (χ0v) is 22.5. The number of anilines is 1. The molecule has 2 aromatic carbocycles. The van der Waals surface area contributed by atoms with Crippen molar-refractivity contribution in [3.05, 3.63) is 62.6 Å². The van der Waals surface area contributed by atoms with Gasteiger partial charge in [0, 0.05) is 41.6 Å². The van der Waals surface area contributed by atoms with E-state index in [0.29, 0.717) is 31.9 Å². The molecular formula is C23H28Cl3N3O4S. The van der Waals surface area contributed by atoms with Crippen LogP contribution in [0.4, 0.5) is 5.69 Å². The molecule has 2 rings (SSSR count). The number of sulfonamides is 1. The molecule has 0 aromatic heterocycles. The Morgan fingerprint density at radius 3 is 2.35 bits per heavy atom. The largest absolute Gasteiger partial charge is 0.357 e. The molecule has 186 valence electrons. The van der Waals surface area contributed by atoms with Crippen molar-refractivity contribution in [3.8, 4) is 0 Å². The van der Waals surface area contributed by atoms with Gasteiger partial charge in [-0.25, -0.2) is 8.42 Å². The molecule has 0 fully saturated rings. The van der Waals surface area contributed by atoms with Gasteiger partial charge < -0.3 is 10.2 Å². The van der Waals surface area contributed by atoms with Gasteiger partial charge in [-0.15, -0.1) is 0 Å². The van der Waals surface area contributed by atoms with Gasteiger partial charge in [0.15, 0.2) is 0 Å². The van der Waals surface area contributed by atoms with Crippen LogP contribution in [0, 0.1) is 6.92 Å². The molecule has 0 aliphatic carbocycles. The van der Waals surface area contributed by atoms with Crippen LogP contribution >= 0.6 is 34.8 Å². The van der Waals surface area contributed by atoms with Gasteiger partial charge >= 0.3 is 0 Å². The third-order valence-corrected chi connectivity index (χ3v) is 7.61. The predicted octanol–water partition coefficient (Wildman–Crippen LogP) is 4.66. The first-order chi connectivity index (χ1) is 15.9. The quantitative estimate of drug-likeness (QED) is 0.468. The SMILES string of the molecule is CNC(=O)C(C)N(Cc1ccc(Cl)cc1Cl)C(=O)CCCN(c1cccc(Cl)c1C)S(C)(=O)=O. The third kappa shape index (κ3) is 7.25. The Balaban J connectivity index is 2.21. The van der Waals surface area contributed by atoms with Gasteiger partial charge in [-0.3, -0.25) is 13.9 Å². The third-order valence-electron chi connectivity index (χ3n) is 5.43. The highest BCUT2D eigenvalue weighted by Crippen LogP contribution is 2.29. The van der Waals surface area contributed by atoms with Crippen LogP contribution in [0.25, 0.3) is 0 Å². The molecule has 0 saturated heterocycles. The molecule has 2 aromatic rings. The van der Waals surface area contributed by atoms with E-state index in [4.69, 9.17) is 34.8 Å². The highest BCUT2D eigenvalue weighted by atomic mass is 35.5. The average Bonchev–Trinajstić information content (AvgIpc) is 2.76. The molecule has 0 spiro atoms. The highest BCUT2D eigenvalue weighted by molar-refractivity contribution is 7.92. The Kier molecular flexibility index (Phi) is 10.1. The van der Waals surface area contributed by atoms with Crippen molar-refractivity contribution < 1.29 is 18.0 Å². The van der Waals surface area contributed by atoms with Crippen molar-refractivity contribution in [3.63, 3.8) is 0 Å². The molecule has 0 aliphatic rings. The fourth-order valence-electron chi connectivity index (χ4n) is 3.47. The molecule has 0 saturated carbocycles. The number of rotatable bonds is 10. The first-order valence-corrected chi connectivity index (χ1v) is 13.5. The van der Waals surface area contributed by atoms with Crippen molar-refractivity contribution in [2.75, 3.05) is 24.2 Å². The maximum absolute atomic E-state index is 13.2. The minimum atomic E-state index is -3.61. The van der Waals surface area contributed by atoms with Crippen LogP contribution in [0.3, 0.4) is 0 Å². The molecule has 0 bridgehead atoms. The second-order valence-electron chi connectivity index (χ2n) is 7.87. The van der Waals surface area contributed by atoms with Crippen LogP contribution in [-0.4, -0.2) is 51.0 Å². The van der Waals surface area contributed by atoms with Gasteiger partial charge in [0.25, 0.3) is 0 Å². The Bertz CT molecular complexity index is 1160. The lowest BCUT2D eigenvalue weighted by Gasteiger charge is -2.29. The Labute approximate surface area is 216 Å². The number of carbonyl (C=O) groups excluding carboxylic acids is 2. The van der Waals surface area contributed by atoms with Gasteiger partial charge in [-0.2, -0.15) is 0 Å². The normalized spacial score (nSPS) is 12.2. The van der Waals surface area contributed by atoms with E-state index in [-0.39, 0.29) is 37.7 Å². The van der Waals surface area contributed by atoms with Gasteiger partial charge in [-0.05, 0) is 55.7 Å². The lowest BCUT2D eigenvalue weighted by Crippen LogP contribution is -2.46. The maximum Gasteiger partial charge on any atom is 0.242 e. The minimum absolute atomic E-state index is 0.0260. The summed E-state index contributed by atoms with van der Waals surface area (Å²) in [6.45, 7) is 3.55. The second-order valence-corrected chi connectivity index (χ2v) is 11.0. The summed E-state index contributed by atoms with van der Waals surface area (Å²) in [6.07, 6.45) is 1.37. The maximum atomic E-state index is 13.2. The number of amides is 2. The van der Waals surface area contributed by atoms with E-state index >= 15 is 0 Å². The van der Waals surface area contributed by atoms with E-state index in [1.807, 2.05) is 0 Å². The van der Waals surface area contributed by atoms with Crippen LogP contribution in [0.1, 0.15) is 30.9 Å². The van der Waals surface area contributed by atoms with Crippen molar-refractivity contribution in [2.45, 2.75) is 39.3 Å². The van der Waals surface area contributed by atoms with Gasteiger partial charge in [-0.1, -0.05) is 46.9 Å². The smallest absolute Gasteiger partial charge is 0.242 e. The summed E-state index contributed by atoms with van der Waals surface area (Å²) in [5, 5.41) is 3.85. The molecule has 7 nitrogen and oxygen atoms in total. The zero-order chi connectivity index (χ0) is 25.6. The van der Waals surface area contributed by atoms with Crippen LogP contribution < -0.4 is 9.62 Å². The molecular weight excluding hydrogens is 521 g/mol. The number of carbonyl (C=O) groups is 2. The lowest BCUT2D eigenvalue weighted by molar-refractivity contribution is -0.140. The van der Waals surface area contributed by atoms with Crippen LogP contribution in [0.15, 0.2) is 36.4 Å². The molecule has 1 unspecified atom stereocenters. The minimum Gasteiger partial charge on any atom is -0.357 e. The molecule has 34 heavy (non-hydrogen) atoms. The molecule has 0 radical (unpaired) electrons. The number of nitrogens with one attached hydrogen (secondary N) is 1. The number of nitrogens with zero attached hydrogens (tertiary/aromatic N) is 2. The zero-order valence-electron chi connectivity index (χ0n) is 19.4. The number of halogens is 3. The molecule has 1 N–H and O–H groups in total. The van der Waals surface area contributed by atoms with Crippen molar-refractivity contribution in [1.29, 1.82) is 0 Å². The second kappa shape index (κ2) is 12.1. The highest BCUT2D eigenvalue weighted by Gasteiger charge is 2.27. The summed E-state index contributed by atoms with van der Waals surface area (Å²) in [6, 6.07) is 9.21. The number of benzene rings is 2. The van der Waals surface area contributed by atoms with Gasteiger partial charge in [0.2, 0.25) is 21.8 Å². The summed E-state index contributed by atoms with van der Waals surface area (Å²) in [5.41, 5.74) is 1.74. The van der Waals surface area contributed by atoms with Crippen LogP contribution in [0.5, 0.6) is 0 Å². The van der Waals surface area contributed by atoms with E-state index in [1.54, 1.807) is 50.2 Å². The van der Waals surface area contributed by atoms with E-state index in [1.165, 1.54) is 16.3 Å². The van der Waals surface area contributed by atoms with Crippen LogP contribution in [-0.2, 0) is 26.2 Å². The summed E-state index contributed by atoms with van der Waals surface area (Å²) in [7, 11) is -2.12. The van der Waals surface area contributed by atoms with E-state index in [9.17, 15) is 18.0 Å². The summed E-state index contributed by atoms with van der Waals surface area (Å²) in [5.74, 6) is -0.635. The fraction of sp³-hybridized carbons (Fsp3) is 0.391. The van der Waals surface area contributed by atoms with Crippen molar-refractivity contribution in [2.24, 2.45) is 0 Å². The average molecular weight is 549 g/mol. The van der Waals surface area contributed by atoms with E-state index in [0.717, 1.165) is 6.26 Å². The molecule has 2 amide bonds. The van der Waals surface area contributed by atoms with Gasteiger partial charge in [0.1, 0.15) is 6.04 Å². The van der Waals surface area contributed by atoms with E-state index < -0.39 is 16.1 Å². The fourth-order valence-corrected chi connectivity index (χ4v) is 5.13. The lowest BCUT2D eigenvalue weighted by atomic mass is 10.1. The van der Waals surface area contributed by atoms with E-state index in [2.05, 4.69) is 5.32 Å². The van der Waals surface area contributed by atoms with Crippen molar-refractivity contribution in [1.82, 2.24) is 10.2 Å². The first kappa shape index (κ1) is 28.2. The molecule has 11 heteroatoms. The standard InChI is InChI=1S/C23H28Cl3N3O4S/c1-15-19(25)7-5-8-21(15)29(34(4,32)33)12-6-9-22(30)28(16(2)23(31)27-3)14-17-10-11-18(24)13-20(17)26/h5,7-8,10-11,13,16H,6,9,12,14H2,1-4H3,(H,27,31). The Morgan fingerprint density at radius 2 is 1.76 bits per heavy atom. The van der Waals surface area contributed by atoms with Crippen LogP contribution in [0.2, 0.25) is 15.1 Å². The summed E-state index contributed by atoms with van der Waals surface area (Å²) < 4.78 is 26.2. The Morgan fingerprint density at radius 1 is 1.09 bits per heavy atom. The Hall–Kier alpha value is -2.00. The number of hydrogen-bond acceptors (Lipinski definition) is 4. The molecule has 0 aliphatic heterocycles. The number of hydrogen-bond donors (Lipinski definition) is 1. The predicted molar refractivity (Wildman–Crippen MR) is 138 cm³/mol.